The van der Waals surface area contributed by atoms with Crippen molar-refractivity contribution in [1.82, 2.24) is 0 Å². The molecular weight excluding hydrogens is 1330 g/mol. The van der Waals surface area contributed by atoms with Crippen LogP contribution in [0.2, 0.25) is 0 Å². The highest BCUT2D eigenvalue weighted by Crippen LogP contribution is 2.45. The summed E-state index contributed by atoms with van der Waals surface area (Å²) < 4.78 is 68.6. The summed E-state index contributed by atoms with van der Waals surface area (Å²) in [4.78, 5) is 73.0. The summed E-state index contributed by atoms with van der Waals surface area (Å²) in [7, 11) is -9.98. The van der Waals surface area contributed by atoms with Crippen LogP contribution in [-0.2, 0) is 65.4 Å². The van der Waals surface area contributed by atoms with Crippen LogP contribution in [0.1, 0.15) is 349 Å². The number of unbranched alkanes of at least 4 members (excludes halogenated alkanes) is 35. The van der Waals surface area contributed by atoms with E-state index in [2.05, 4.69) is 113 Å². The van der Waals surface area contributed by atoms with Crippen LogP contribution in [0.25, 0.3) is 0 Å². The molecule has 0 saturated carbocycles. The lowest BCUT2D eigenvalue weighted by atomic mass is 10.1. The Morgan fingerprint density at radius 1 is 0.284 bits per heavy atom. The summed E-state index contributed by atoms with van der Waals surface area (Å²) in [5.74, 6) is -2.26. The van der Waals surface area contributed by atoms with E-state index in [0.29, 0.717) is 32.1 Å². The highest BCUT2D eigenvalue weighted by molar-refractivity contribution is 7.47. The molecule has 0 bridgehead atoms. The second-order valence-electron chi connectivity index (χ2n) is 27.0. The number of carbonyl (C=O) groups excluding carboxylic acids is 4. The maximum absolute atomic E-state index is 13.1. The Bertz CT molecular complexity index is 2310. The molecular formula is C83H146O17P2. The number of hydrogen-bond acceptors (Lipinski definition) is 15. The number of aliphatic hydroxyl groups excluding tert-OH is 1. The minimum atomic E-state index is -4.99. The van der Waals surface area contributed by atoms with Gasteiger partial charge in [-0.2, -0.15) is 0 Å². The summed E-state index contributed by atoms with van der Waals surface area (Å²) in [6.45, 7) is 4.76. The predicted molar refractivity (Wildman–Crippen MR) is 418 cm³/mol. The van der Waals surface area contributed by atoms with Gasteiger partial charge in [0.25, 0.3) is 0 Å². The number of allylic oxidation sites excluding steroid dienone is 16. The summed E-state index contributed by atoms with van der Waals surface area (Å²) in [6.07, 6.45) is 79.6. The molecule has 102 heavy (non-hydrogen) atoms. The van der Waals surface area contributed by atoms with Crippen molar-refractivity contribution < 1.29 is 80.2 Å². The molecule has 590 valence electrons. The molecule has 0 aromatic carbocycles. The van der Waals surface area contributed by atoms with Crippen LogP contribution in [0.15, 0.2) is 97.2 Å². The molecule has 0 saturated heterocycles. The van der Waals surface area contributed by atoms with E-state index in [9.17, 15) is 43.2 Å². The van der Waals surface area contributed by atoms with Crippen LogP contribution in [0, 0.1) is 0 Å². The van der Waals surface area contributed by atoms with Crippen molar-refractivity contribution in [2.75, 3.05) is 39.6 Å². The van der Waals surface area contributed by atoms with E-state index < -0.39 is 97.5 Å². The van der Waals surface area contributed by atoms with Gasteiger partial charge in [0.15, 0.2) is 12.2 Å². The molecule has 0 aromatic rings. The minimum absolute atomic E-state index is 0.0734. The first-order valence-electron chi connectivity index (χ1n) is 40.5. The summed E-state index contributed by atoms with van der Waals surface area (Å²) in [5, 5.41) is 10.6. The normalized spacial score (nSPS) is 14.4. The first kappa shape index (κ1) is 98.0. The van der Waals surface area contributed by atoms with Gasteiger partial charge in [-0.1, -0.05) is 279 Å². The van der Waals surface area contributed by atoms with Crippen molar-refractivity contribution in [3.63, 3.8) is 0 Å². The maximum atomic E-state index is 13.1. The Morgan fingerprint density at radius 2 is 0.520 bits per heavy atom. The summed E-state index contributed by atoms with van der Waals surface area (Å²) >= 11 is 0. The Morgan fingerprint density at radius 3 is 0.873 bits per heavy atom. The number of rotatable bonds is 76. The Labute approximate surface area is 620 Å². The molecule has 17 nitrogen and oxygen atoms in total. The predicted octanol–water partition coefficient (Wildman–Crippen LogP) is 23.6. The molecule has 0 aliphatic carbocycles. The van der Waals surface area contributed by atoms with Crippen LogP contribution in [0.5, 0.6) is 0 Å². The number of carbonyl (C=O) groups is 4. The minimum Gasteiger partial charge on any atom is -0.462 e. The lowest BCUT2D eigenvalue weighted by Crippen LogP contribution is -2.30. The van der Waals surface area contributed by atoms with Gasteiger partial charge < -0.3 is 33.8 Å². The highest BCUT2D eigenvalue weighted by Gasteiger charge is 2.30. The first-order chi connectivity index (χ1) is 49.7. The molecule has 0 spiro atoms. The molecule has 0 aromatic heterocycles. The van der Waals surface area contributed by atoms with E-state index in [1.54, 1.807) is 0 Å². The third kappa shape index (κ3) is 74.3. The number of esters is 4. The maximum Gasteiger partial charge on any atom is 0.472 e. The molecule has 2 unspecified atom stereocenters. The smallest absolute Gasteiger partial charge is 0.462 e. The highest BCUT2D eigenvalue weighted by atomic mass is 31.2. The Balaban J connectivity index is 5.42. The molecule has 0 radical (unpaired) electrons. The largest absolute Gasteiger partial charge is 0.472 e. The van der Waals surface area contributed by atoms with Gasteiger partial charge in [0.1, 0.15) is 19.3 Å². The Hall–Kier alpha value is -4.02. The van der Waals surface area contributed by atoms with Crippen LogP contribution in [0.3, 0.4) is 0 Å². The van der Waals surface area contributed by atoms with Crippen molar-refractivity contribution in [3.8, 4) is 0 Å². The zero-order valence-electron chi connectivity index (χ0n) is 64.5. The molecule has 5 atom stereocenters. The van der Waals surface area contributed by atoms with E-state index >= 15 is 0 Å². The summed E-state index contributed by atoms with van der Waals surface area (Å²) in [5.41, 5.74) is 0. The number of phosphoric ester groups is 2. The van der Waals surface area contributed by atoms with Gasteiger partial charge in [0, 0.05) is 25.7 Å². The van der Waals surface area contributed by atoms with Gasteiger partial charge in [-0.3, -0.25) is 37.3 Å². The molecule has 0 fully saturated rings. The third-order valence-corrected chi connectivity index (χ3v) is 18.9. The van der Waals surface area contributed by atoms with Gasteiger partial charge in [0.2, 0.25) is 0 Å². The monoisotopic (exact) mass is 1480 g/mol. The zero-order chi connectivity index (χ0) is 74.6. The lowest BCUT2D eigenvalue weighted by molar-refractivity contribution is -0.161. The Kier molecular flexibility index (Phi) is 72.3. The third-order valence-electron chi connectivity index (χ3n) is 17.0. The second kappa shape index (κ2) is 75.2. The zero-order valence-corrected chi connectivity index (χ0v) is 66.3. The van der Waals surface area contributed by atoms with Gasteiger partial charge in [-0.05, 0) is 141 Å². The van der Waals surface area contributed by atoms with E-state index in [1.807, 2.05) is 12.2 Å². The van der Waals surface area contributed by atoms with Crippen LogP contribution < -0.4 is 0 Å². The second-order valence-corrected chi connectivity index (χ2v) is 29.9. The quantitative estimate of drug-likeness (QED) is 0.0128. The van der Waals surface area contributed by atoms with Crippen molar-refractivity contribution in [2.45, 2.75) is 367 Å². The van der Waals surface area contributed by atoms with Crippen molar-refractivity contribution >= 4 is 39.5 Å². The van der Waals surface area contributed by atoms with Crippen molar-refractivity contribution in [1.29, 1.82) is 0 Å². The molecule has 0 amide bonds. The molecule has 0 aliphatic heterocycles. The molecule has 0 heterocycles. The van der Waals surface area contributed by atoms with E-state index in [0.717, 1.165) is 141 Å². The van der Waals surface area contributed by atoms with E-state index in [1.165, 1.54) is 122 Å². The van der Waals surface area contributed by atoms with Gasteiger partial charge in [0.05, 0.1) is 26.4 Å². The van der Waals surface area contributed by atoms with Gasteiger partial charge in [-0.25, -0.2) is 9.13 Å². The van der Waals surface area contributed by atoms with Gasteiger partial charge >= 0.3 is 39.5 Å². The van der Waals surface area contributed by atoms with E-state index in [4.69, 9.17) is 37.0 Å². The lowest BCUT2D eigenvalue weighted by Gasteiger charge is -2.21. The standard InChI is InChI=1S/C83H146O17P2/c1-5-9-13-17-21-25-29-33-37-38-42-44-48-52-56-60-64-68-81(86)94-74-79(100-83(88)70-66-62-58-54-50-46-41-36-32-28-24-20-16-12-8-4)76-98-102(91,92)96-72-77(84)71-95-101(89,90)97-75-78(99-82(87)69-65-61-57-53-49-45-40-35-31-27-23-19-15-11-7-3)73-93-80(85)67-63-59-55-51-47-43-39-34-30-26-22-18-14-10-6-2/h21,25,27,31,33-37,39-42,44,52,56,77-79,84H,5-20,22-24,26,28-30,32,38,43,45-51,53-55,57-76H2,1-4H3,(H,89,90)(H,91,92)/b25-21-,31-27-,37-33-,39-34-,40-35-,41-36-,44-42-,56-52-/t77-,78+,79+/m0/s1. The molecule has 0 aliphatic rings. The summed E-state index contributed by atoms with van der Waals surface area (Å²) in [6, 6.07) is 0. The molecule has 19 heteroatoms. The van der Waals surface area contributed by atoms with E-state index in [-0.39, 0.29) is 25.7 Å². The topological polar surface area (TPSA) is 237 Å². The fraction of sp³-hybridized carbons (Fsp3) is 0.759. The first-order valence-corrected chi connectivity index (χ1v) is 43.5. The number of phosphoric acid groups is 2. The van der Waals surface area contributed by atoms with Gasteiger partial charge in [-0.15, -0.1) is 0 Å². The fourth-order valence-electron chi connectivity index (χ4n) is 10.8. The molecule has 3 N–H and O–H groups in total. The molecule has 0 rings (SSSR count). The van der Waals surface area contributed by atoms with Crippen LogP contribution in [0.4, 0.5) is 0 Å². The average Bonchev–Trinajstić information content (AvgIpc) is 0.923. The number of ether oxygens (including phenoxy) is 4. The SMILES string of the molecule is CCCCC/C=C\C/C=C\C/C=C\C/C=C\CCCC(=O)OC[C@H](COP(=O)(O)OC[C@@H](O)COP(=O)(O)OC[C@@H](COC(=O)CCCCCCC/C=C\CCCCCCCC)OC(=O)CCCCCCC/C=C\C=C/CCCCCC)OC(=O)CCCCCCC/C=C\CCCCCCCC. The van der Waals surface area contributed by atoms with Crippen LogP contribution in [-0.4, -0.2) is 96.7 Å². The fourth-order valence-corrected chi connectivity index (χ4v) is 12.4. The number of hydrogen-bond donors (Lipinski definition) is 3. The average molecular weight is 1480 g/mol. The van der Waals surface area contributed by atoms with Crippen LogP contribution >= 0.6 is 15.6 Å². The number of aliphatic hydroxyl groups is 1. The van der Waals surface area contributed by atoms with Crippen molar-refractivity contribution in [2.24, 2.45) is 0 Å². The van der Waals surface area contributed by atoms with Crippen molar-refractivity contribution in [3.05, 3.63) is 97.2 Å².